The smallest absolute Gasteiger partial charge is 0.323 e. The van der Waals surface area contributed by atoms with Gasteiger partial charge in [0.1, 0.15) is 17.5 Å². The highest BCUT2D eigenvalue weighted by atomic mass is 19.1. The van der Waals surface area contributed by atoms with Gasteiger partial charge in [0.2, 0.25) is 5.82 Å². The van der Waals surface area contributed by atoms with E-state index in [4.69, 9.17) is 9.26 Å². The van der Waals surface area contributed by atoms with E-state index in [9.17, 15) is 14.0 Å². The van der Waals surface area contributed by atoms with Crippen molar-refractivity contribution in [2.24, 2.45) is 0 Å². The van der Waals surface area contributed by atoms with Gasteiger partial charge in [-0.05, 0) is 55.0 Å². The number of rotatable bonds is 9. The van der Waals surface area contributed by atoms with Crippen molar-refractivity contribution in [1.82, 2.24) is 20.4 Å². The first-order chi connectivity index (χ1) is 19.9. The lowest BCUT2D eigenvalue weighted by Gasteiger charge is -2.17. The molecule has 0 aliphatic rings. The van der Waals surface area contributed by atoms with E-state index in [1.807, 2.05) is 31.2 Å². The number of urea groups is 1. The first-order valence-electron chi connectivity index (χ1n) is 12.5. The topological polar surface area (TPSA) is 119 Å². The minimum Gasteiger partial charge on any atom is -0.443 e. The van der Waals surface area contributed by atoms with E-state index < -0.39 is 23.9 Å². The van der Waals surface area contributed by atoms with Crippen LogP contribution in [0.5, 0.6) is 0 Å². The molecule has 5 aromatic rings. The van der Waals surface area contributed by atoms with E-state index in [2.05, 4.69) is 25.8 Å². The summed E-state index contributed by atoms with van der Waals surface area (Å²) < 4.78 is 39.3. The second-order valence-electron chi connectivity index (χ2n) is 9.04. The third-order valence-electron chi connectivity index (χ3n) is 6.12. The average molecular weight is 556 g/mol. The Balaban J connectivity index is 1.22. The van der Waals surface area contributed by atoms with Crippen LogP contribution in [0.4, 0.5) is 19.4 Å². The summed E-state index contributed by atoms with van der Waals surface area (Å²) in [4.78, 5) is 32.0. The Morgan fingerprint density at radius 3 is 2.46 bits per heavy atom. The standard InChI is InChI=1S/C30H23F2N5O4/c1-18-6-9-20(10-7-18)29-36-28(37-41-29)23-12-8-19(14-25(23)32)15-27(40-17-38)35-30(39)34-26-13-11-21(16-33-26)22-4-2-3-5-24(22)31/h2-14,16-17,27H,15H2,1H3,(H2,33,34,35,39). The Labute approximate surface area is 233 Å². The molecule has 2 aromatic heterocycles. The third kappa shape index (κ3) is 6.59. The molecule has 3 aromatic carbocycles. The number of amides is 2. The largest absolute Gasteiger partial charge is 0.443 e. The van der Waals surface area contributed by atoms with Crippen molar-refractivity contribution in [3.8, 4) is 34.0 Å². The van der Waals surface area contributed by atoms with Gasteiger partial charge in [0.15, 0.2) is 6.23 Å². The van der Waals surface area contributed by atoms with Crippen molar-refractivity contribution in [3.05, 3.63) is 108 Å². The summed E-state index contributed by atoms with van der Waals surface area (Å²) in [6.07, 6.45) is 0.295. The molecule has 41 heavy (non-hydrogen) atoms. The number of hydrogen-bond acceptors (Lipinski definition) is 7. The minimum atomic E-state index is -1.10. The summed E-state index contributed by atoms with van der Waals surface area (Å²) in [5.41, 5.74) is 3.26. The molecule has 1 atom stereocenters. The first-order valence-corrected chi connectivity index (χ1v) is 12.5. The van der Waals surface area contributed by atoms with E-state index in [1.165, 1.54) is 30.5 Å². The number of pyridine rings is 1. The van der Waals surface area contributed by atoms with E-state index in [0.717, 1.165) is 5.56 Å². The molecule has 0 aliphatic heterocycles. The molecule has 2 N–H and O–H groups in total. The molecule has 0 aliphatic carbocycles. The van der Waals surface area contributed by atoms with Crippen molar-refractivity contribution in [2.75, 3.05) is 5.32 Å². The normalized spacial score (nSPS) is 11.5. The minimum absolute atomic E-state index is 0.0239. The van der Waals surface area contributed by atoms with Crippen molar-refractivity contribution in [3.63, 3.8) is 0 Å². The second kappa shape index (κ2) is 12.2. The Kier molecular flexibility index (Phi) is 8.05. The lowest BCUT2D eigenvalue weighted by atomic mass is 10.1. The fourth-order valence-corrected chi connectivity index (χ4v) is 4.05. The van der Waals surface area contributed by atoms with Crippen LogP contribution >= 0.6 is 0 Å². The van der Waals surface area contributed by atoms with E-state index in [1.54, 1.807) is 30.3 Å². The lowest BCUT2D eigenvalue weighted by Crippen LogP contribution is -2.41. The molecule has 9 nitrogen and oxygen atoms in total. The van der Waals surface area contributed by atoms with Crippen molar-refractivity contribution in [2.45, 2.75) is 19.6 Å². The number of anilines is 1. The van der Waals surface area contributed by atoms with Gasteiger partial charge in [0.05, 0.1) is 5.56 Å². The van der Waals surface area contributed by atoms with Crippen molar-refractivity contribution >= 4 is 18.3 Å². The maximum absolute atomic E-state index is 15.0. The molecule has 0 fully saturated rings. The fourth-order valence-electron chi connectivity index (χ4n) is 4.05. The molecule has 11 heteroatoms. The number of hydrogen-bond donors (Lipinski definition) is 2. The van der Waals surface area contributed by atoms with E-state index in [-0.39, 0.29) is 36.0 Å². The van der Waals surface area contributed by atoms with Crippen LogP contribution in [-0.4, -0.2) is 33.9 Å². The molecule has 0 spiro atoms. The van der Waals surface area contributed by atoms with Crippen LogP contribution in [0.25, 0.3) is 34.0 Å². The number of ether oxygens (including phenoxy) is 1. The number of aromatic nitrogens is 3. The number of benzene rings is 3. The van der Waals surface area contributed by atoms with E-state index in [0.29, 0.717) is 22.3 Å². The Hall–Kier alpha value is -5.45. The molecular weight excluding hydrogens is 532 g/mol. The zero-order valence-electron chi connectivity index (χ0n) is 21.7. The molecule has 0 radical (unpaired) electrons. The molecular formula is C30H23F2N5O4. The predicted molar refractivity (Wildman–Crippen MR) is 146 cm³/mol. The predicted octanol–water partition coefficient (Wildman–Crippen LogP) is 5.92. The number of halogens is 2. The van der Waals surface area contributed by atoms with Gasteiger partial charge in [0, 0.05) is 29.3 Å². The fraction of sp³-hybridized carbons (Fsp3) is 0.100. The van der Waals surface area contributed by atoms with Gasteiger partial charge in [-0.3, -0.25) is 10.1 Å². The monoisotopic (exact) mass is 555 g/mol. The summed E-state index contributed by atoms with van der Waals surface area (Å²) in [7, 11) is 0. The lowest BCUT2D eigenvalue weighted by molar-refractivity contribution is -0.134. The summed E-state index contributed by atoms with van der Waals surface area (Å²) in [5, 5.41) is 8.90. The molecule has 0 saturated heterocycles. The summed E-state index contributed by atoms with van der Waals surface area (Å²) in [6, 6.07) is 20.4. The average Bonchev–Trinajstić information content (AvgIpc) is 3.44. The maximum Gasteiger partial charge on any atom is 0.323 e. The third-order valence-corrected chi connectivity index (χ3v) is 6.12. The van der Waals surface area contributed by atoms with Gasteiger partial charge in [-0.15, -0.1) is 0 Å². The first kappa shape index (κ1) is 27.1. The number of aryl methyl sites for hydroxylation is 1. The molecule has 206 valence electrons. The van der Waals surface area contributed by atoms with Gasteiger partial charge in [-0.25, -0.2) is 18.6 Å². The van der Waals surface area contributed by atoms with Gasteiger partial charge >= 0.3 is 6.03 Å². The quantitative estimate of drug-likeness (QED) is 0.171. The number of carbonyl (C=O) groups excluding carboxylic acids is 2. The molecule has 0 bridgehead atoms. The number of carbonyl (C=O) groups is 2. The highest BCUT2D eigenvalue weighted by molar-refractivity contribution is 5.88. The molecule has 1 unspecified atom stereocenters. The van der Waals surface area contributed by atoms with Crippen LogP contribution < -0.4 is 10.6 Å². The summed E-state index contributed by atoms with van der Waals surface area (Å²) in [5.74, 6) is -0.485. The van der Waals surface area contributed by atoms with E-state index >= 15 is 4.39 Å². The molecule has 2 heterocycles. The zero-order valence-corrected chi connectivity index (χ0v) is 21.7. The summed E-state index contributed by atoms with van der Waals surface area (Å²) in [6.45, 7) is 2.14. The highest BCUT2D eigenvalue weighted by Gasteiger charge is 2.18. The Morgan fingerprint density at radius 1 is 0.976 bits per heavy atom. The van der Waals surface area contributed by atoms with Crippen molar-refractivity contribution < 1.29 is 27.6 Å². The van der Waals surface area contributed by atoms with Crippen LogP contribution in [0.1, 0.15) is 11.1 Å². The molecule has 5 rings (SSSR count). The van der Waals surface area contributed by atoms with Crippen LogP contribution in [0.15, 0.2) is 89.6 Å². The Morgan fingerprint density at radius 2 is 1.76 bits per heavy atom. The van der Waals surface area contributed by atoms with Gasteiger partial charge in [-0.2, -0.15) is 4.98 Å². The van der Waals surface area contributed by atoms with Gasteiger partial charge < -0.3 is 14.6 Å². The molecule has 2 amide bonds. The number of nitrogens with zero attached hydrogens (tertiary/aromatic N) is 3. The SMILES string of the molecule is Cc1ccc(-c2nc(-c3ccc(CC(NC(=O)Nc4ccc(-c5ccccc5F)cn4)OC=O)cc3F)no2)cc1. The summed E-state index contributed by atoms with van der Waals surface area (Å²) >= 11 is 0. The number of nitrogens with one attached hydrogen (secondary N) is 2. The van der Waals surface area contributed by atoms with Crippen LogP contribution in [0.2, 0.25) is 0 Å². The Bertz CT molecular complexity index is 1670. The zero-order chi connectivity index (χ0) is 28.8. The van der Waals surface area contributed by atoms with Crippen molar-refractivity contribution in [1.29, 1.82) is 0 Å². The van der Waals surface area contributed by atoms with Crippen LogP contribution in [0.3, 0.4) is 0 Å². The van der Waals surface area contributed by atoms with Gasteiger partial charge in [-0.1, -0.05) is 47.1 Å². The van der Waals surface area contributed by atoms with Gasteiger partial charge in [0.25, 0.3) is 12.4 Å². The second-order valence-corrected chi connectivity index (χ2v) is 9.04. The maximum atomic E-state index is 15.0. The van der Waals surface area contributed by atoms with Crippen LogP contribution in [-0.2, 0) is 16.0 Å². The van der Waals surface area contributed by atoms with Crippen LogP contribution in [0, 0.1) is 18.6 Å². The highest BCUT2D eigenvalue weighted by Crippen LogP contribution is 2.26. The molecule has 0 saturated carbocycles.